The highest BCUT2D eigenvalue weighted by molar-refractivity contribution is 6.30. The van der Waals surface area contributed by atoms with Crippen LogP contribution in [0.25, 0.3) is 0 Å². The van der Waals surface area contributed by atoms with E-state index in [1.807, 2.05) is 0 Å². The van der Waals surface area contributed by atoms with Crippen LogP contribution in [0, 0.1) is 5.82 Å². The van der Waals surface area contributed by atoms with E-state index in [1.165, 1.54) is 12.1 Å². The fourth-order valence-corrected chi connectivity index (χ4v) is 2.68. The van der Waals surface area contributed by atoms with Crippen molar-refractivity contribution in [3.63, 3.8) is 0 Å². The van der Waals surface area contributed by atoms with Gasteiger partial charge in [0.05, 0.1) is 24.8 Å². The summed E-state index contributed by atoms with van der Waals surface area (Å²) in [6, 6.07) is 3.45. The number of ether oxygens (including phenoxy) is 2. The zero-order valence-electron chi connectivity index (χ0n) is 10.4. The molecule has 4 atom stereocenters. The lowest BCUT2D eigenvalue weighted by atomic mass is 10.1. The van der Waals surface area contributed by atoms with E-state index in [1.54, 1.807) is 0 Å². The first-order chi connectivity index (χ1) is 9.56. The van der Waals surface area contributed by atoms with Gasteiger partial charge in [-0.2, -0.15) is 0 Å². The first kappa shape index (κ1) is 13.8. The molecule has 0 radical (unpaired) electrons. The minimum atomic E-state index is -0.686. The maximum atomic E-state index is 13.7. The Bertz CT molecular complexity index is 541. The number of carbonyl (C=O) groups excluding carboxylic acids is 1. The minimum absolute atomic E-state index is 0.0867. The topological polar surface area (TPSA) is 67.8 Å². The molecule has 1 aromatic carbocycles. The fourth-order valence-electron chi connectivity index (χ4n) is 2.52. The van der Waals surface area contributed by atoms with Crippen molar-refractivity contribution in [2.75, 3.05) is 13.2 Å². The Morgan fingerprint density at radius 2 is 2.10 bits per heavy atom. The number of aliphatic hydroxyl groups excluding tert-OH is 1. The van der Waals surface area contributed by atoms with E-state index < -0.39 is 36.1 Å². The monoisotopic (exact) mass is 301 g/mol. The lowest BCUT2D eigenvalue weighted by molar-refractivity contribution is 0.0178. The van der Waals surface area contributed by atoms with Gasteiger partial charge in [0, 0.05) is 5.02 Å². The normalized spacial score (nSPS) is 32.1. The van der Waals surface area contributed by atoms with Gasteiger partial charge in [0.1, 0.15) is 24.1 Å². The Hall–Kier alpha value is -1.21. The summed E-state index contributed by atoms with van der Waals surface area (Å²) in [5.41, 5.74) is -0.0867. The molecule has 0 bridgehead atoms. The molecule has 20 heavy (non-hydrogen) atoms. The van der Waals surface area contributed by atoms with Gasteiger partial charge >= 0.3 is 0 Å². The van der Waals surface area contributed by atoms with Gasteiger partial charge in [-0.1, -0.05) is 11.6 Å². The molecule has 1 aromatic rings. The molecule has 7 heteroatoms. The standard InChI is InChI=1S/C13H13ClFNO4/c14-6-1-2-7(8(15)3-6)13(18)16-9-4-19-12-10(17)5-20-11(9)12/h1-3,9-12,17H,4-5H2,(H,16,18)/t9-,10+,11+,12+/m0/s1. The summed E-state index contributed by atoms with van der Waals surface area (Å²) >= 11 is 5.64. The van der Waals surface area contributed by atoms with E-state index in [9.17, 15) is 14.3 Å². The van der Waals surface area contributed by atoms with E-state index in [-0.39, 0.29) is 23.8 Å². The van der Waals surface area contributed by atoms with Crippen LogP contribution in [0.5, 0.6) is 0 Å². The van der Waals surface area contributed by atoms with Gasteiger partial charge in [0.2, 0.25) is 0 Å². The second kappa shape index (κ2) is 5.29. The van der Waals surface area contributed by atoms with Crippen molar-refractivity contribution in [3.8, 4) is 0 Å². The number of hydrogen-bond acceptors (Lipinski definition) is 4. The van der Waals surface area contributed by atoms with E-state index in [0.717, 1.165) is 6.07 Å². The highest BCUT2D eigenvalue weighted by Gasteiger charge is 2.47. The third-order valence-corrected chi connectivity index (χ3v) is 3.75. The fraction of sp³-hybridized carbons (Fsp3) is 0.462. The van der Waals surface area contributed by atoms with E-state index in [2.05, 4.69) is 5.32 Å². The van der Waals surface area contributed by atoms with Crippen LogP contribution in [0.1, 0.15) is 10.4 Å². The van der Waals surface area contributed by atoms with Crippen LogP contribution in [-0.2, 0) is 9.47 Å². The molecule has 2 aliphatic rings. The second-order valence-corrected chi connectivity index (χ2v) is 5.30. The molecular weight excluding hydrogens is 289 g/mol. The number of amides is 1. The van der Waals surface area contributed by atoms with Gasteiger partial charge in [0.25, 0.3) is 5.91 Å². The van der Waals surface area contributed by atoms with Crippen molar-refractivity contribution in [1.82, 2.24) is 5.32 Å². The van der Waals surface area contributed by atoms with Gasteiger partial charge in [-0.3, -0.25) is 4.79 Å². The summed E-state index contributed by atoms with van der Waals surface area (Å²) in [7, 11) is 0. The van der Waals surface area contributed by atoms with Crippen molar-refractivity contribution in [2.24, 2.45) is 0 Å². The molecule has 0 aromatic heterocycles. The Morgan fingerprint density at radius 1 is 1.35 bits per heavy atom. The van der Waals surface area contributed by atoms with Gasteiger partial charge in [-0.15, -0.1) is 0 Å². The number of rotatable bonds is 2. The highest BCUT2D eigenvalue weighted by Crippen LogP contribution is 2.27. The van der Waals surface area contributed by atoms with Crippen molar-refractivity contribution >= 4 is 17.5 Å². The van der Waals surface area contributed by atoms with Crippen LogP contribution >= 0.6 is 11.6 Å². The molecule has 0 saturated carbocycles. The highest BCUT2D eigenvalue weighted by atomic mass is 35.5. The Morgan fingerprint density at radius 3 is 2.85 bits per heavy atom. The van der Waals surface area contributed by atoms with Crippen molar-refractivity contribution in [2.45, 2.75) is 24.4 Å². The number of nitrogens with one attached hydrogen (secondary N) is 1. The summed E-state index contributed by atoms with van der Waals surface area (Å²) < 4.78 is 24.4. The van der Waals surface area contributed by atoms with Crippen molar-refractivity contribution in [1.29, 1.82) is 0 Å². The SMILES string of the molecule is O=C(N[C@H]1CO[C@H]2[C@@H]1OC[C@H]2O)c1ccc(Cl)cc1F. The van der Waals surface area contributed by atoms with Crippen molar-refractivity contribution < 1.29 is 23.8 Å². The second-order valence-electron chi connectivity index (χ2n) is 4.87. The van der Waals surface area contributed by atoms with Crippen LogP contribution < -0.4 is 5.32 Å². The molecule has 2 saturated heterocycles. The van der Waals surface area contributed by atoms with Crippen molar-refractivity contribution in [3.05, 3.63) is 34.6 Å². The average molecular weight is 302 g/mol. The maximum absolute atomic E-state index is 13.7. The molecule has 2 heterocycles. The summed E-state index contributed by atoms with van der Waals surface area (Å²) in [4.78, 5) is 12.0. The largest absolute Gasteiger partial charge is 0.388 e. The number of aliphatic hydroxyl groups is 1. The molecule has 1 amide bonds. The lowest BCUT2D eigenvalue weighted by Crippen LogP contribution is -2.44. The molecule has 2 N–H and O–H groups in total. The number of hydrogen-bond donors (Lipinski definition) is 2. The molecule has 0 spiro atoms. The molecule has 5 nitrogen and oxygen atoms in total. The van der Waals surface area contributed by atoms with E-state index in [4.69, 9.17) is 21.1 Å². The molecule has 0 aliphatic carbocycles. The molecule has 2 aliphatic heterocycles. The Kier molecular flexibility index (Phi) is 3.64. The van der Waals surface area contributed by atoms with Gasteiger partial charge in [0.15, 0.2) is 0 Å². The lowest BCUT2D eigenvalue weighted by Gasteiger charge is -2.17. The van der Waals surface area contributed by atoms with Gasteiger partial charge in [-0.25, -0.2) is 4.39 Å². The summed E-state index contributed by atoms with van der Waals surface area (Å²) in [6.45, 7) is 0.407. The predicted molar refractivity (Wildman–Crippen MR) is 68.2 cm³/mol. The molecule has 2 fully saturated rings. The van der Waals surface area contributed by atoms with E-state index >= 15 is 0 Å². The van der Waals surface area contributed by atoms with Gasteiger partial charge in [-0.05, 0) is 18.2 Å². The smallest absolute Gasteiger partial charge is 0.254 e. The first-order valence-electron chi connectivity index (χ1n) is 6.23. The van der Waals surface area contributed by atoms with E-state index in [0.29, 0.717) is 0 Å². The third kappa shape index (κ3) is 2.40. The predicted octanol–water partition coefficient (Wildman–Crippen LogP) is 0.736. The molecule has 0 unspecified atom stereocenters. The van der Waals surface area contributed by atoms with Crippen LogP contribution in [0.15, 0.2) is 18.2 Å². The Labute approximate surface area is 119 Å². The summed E-state index contributed by atoms with van der Waals surface area (Å²) in [5.74, 6) is -1.24. The van der Waals surface area contributed by atoms with Gasteiger partial charge < -0.3 is 19.9 Å². The zero-order valence-corrected chi connectivity index (χ0v) is 11.1. The summed E-state index contributed by atoms with van der Waals surface area (Å²) in [5, 5.41) is 12.5. The molecule has 108 valence electrons. The molecule has 3 rings (SSSR count). The van der Waals surface area contributed by atoms with Crippen LogP contribution in [0.2, 0.25) is 5.02 Å². The third-order valence-electron chi connectivity index (χ3n) is 3.52. The van der Waals surface area contributed by atoms with Crippen LogP contribution in [0.3, 0.4) is 0 Å². The zero-order chi connectivity index (χ0) is 14.3. The Balaban J connectivity index is 1.70. The quantitative estimate of drug-likeness (QED) is 0.845. The van der Waals surface area contributed by atoms with Crippen LogP contribution in [0.4, 0.5) is 4.39 Å². The summed E-state index contributed by atoms with van der Waals surface area (Å²) in [6.07, 6.45) is -1.52. The average Bonchev–Trinajstić information content (AvgIpc) is 2.94. The number of benzene rings is 1. The maximum Gasteiger partial charge on any atom is 0.254 e. The minimum Gasteiger partial charge on any atom is -0.388 e. The van der Waals surface area contributed by atoms with Crippen LogP contribution in [-0.4, -0.2) is 48.6 Å². The number of carbonyl (C=O) groups is 1. The molecular formula is C13H13ClFNO4. The first-order valence-corrected chi connectivity index (χ1v) is 6.61. The number of fused-ring (bicyclic) bond motifs is 1. The number of halogens is 2.